The molecular formula is C11H12INO5. The fourth-order valence-electron chi connectivity index (χ4n) is 1.29. The molecule has 0 radical (unpaired) electrons. The third kappa shape index (κ3) is 3.49. The largest absolute Gasteiger partial charge is 0.467 e. The van der Waals surface area contributed by atoms with Crippen LogP contribution in [0.1, 0.15) is 17.3 Å². The fourth-order valence-corrected chi connectivity index (χ4v) is 2.69. The van der Waals surface area contributed by atoms with Crippen LogP contribution in [0.25, 0.3) is 0 Å². The van der Waals surface area contributed by atoms with E-state index in [4.69, 9.17) is 0 Å². The number of carbonyl (C=O) groups excluding carboxylic acids is 2. The van der Waals surface area contributed by atoms with E-state index < -0.39 is 37.7 Å². The summed E-state index contributed by atoms with van der Waals surface area (Å²) in [5.74, 6) is -1.21. The number of halogens is 1. The van der Waals surface area contributed by atoms with Gasteiger partial charge in [0.05, 0.1) is 16.2 Å². The first kappa shape index (κ1) is 14.6. The first-order valence-corrected chi connectivity index (χ1v) is 7.84. The predicted octanol–water partition coefficient (Wildman–Crippen LogP) is 1.34. The molecule has 1 aromatic carbocycles. The van der Waals surface area contributed by atoms with Crippen molar-refractivity contribution in [1.29, 1.82) is 0 Å². The van der Waals surface area contributed by atoms with Crippen molar-refractivity contribution in [1.82, 2.24) is 5.32 Å². The molecule has 1 rings (SSSR count). The molecule has 1 amide bonds. The van der Waals surface area contributed by atoms with E-state index in [0.29, 0.717) is 0 Å². The summed E-state index contributed by atoms with van der Waals surface area (Å²) in [6.45, 7) is 1.46. The summed E-state index contributed by atoms with van der Waals surface area (Å²) in [4.78, 5) is 23.0. The van der Waals surface area contributed by atoms with Crippen molar-refractivity contribution < 1.29 is 20.5 Å². The number of hydrogen-bond donors (Lipinski definition) is 1. The molecule has 1 atom stereocenters. The van der Waals surface area contributed by atoms with Crippen LogP contribution in [0.4, 0.5) is 0 Å². The molecular weight excluding hydrogens is 353 g/mol. The van der Waals surface area contributed by atoms with Crippen LogP contribution in [0, 0.1) is 3.57 Å². The molecule has 0 heterocycles. The summed E-state index contributed by atoms with van der Waals surface area (Å²) in [5.41, 5.74) is 0.0449. The summed E-state index contributed by atoms with van der Waals surface area (Å²) in [6, 6.07) is 5.02. The van der Waals surface area contributed by atoms with Gasteiger partial charge in [-0.2, -0.15) is 0 Å². The Kier molecular flexibility index (Phi) is 5.20. The Morgan fingerprint density at radius 2 is 1.89 bits per heavy atom. The van der Waals surface area contributed by atoms with E-state index in [9.17, 15) is 15.7 Å². The second kappa shape index (κ2) is 6.43. The van der Waals surface area contributed by atoms with Gasteiger partial charge in [-0.3, -0.25) is 4.79 Å². The number of hydrogen-bond acceptors (Lipinski definition) is 5. The quantitative estimate of drug-likeness (QED) is 0.643. The van der Waals surface area contributed by atoms with E-state index in [1.807, 2.05) is 0 Å². The lowest BCUT2D eigenvalue weighted by molar-refractivity contribution is -0.142. The Morgan fingerprint density at radius 3 is 2.44 bits per heavy atom. The number of nitrogens with one attached hydrogen (secondary N) is 1. The minimum absolute atomic E-state index is 0.0104. The summed E-state index contributed by atoms with van der Waals surface area (Å²) in [5, 5.41) is 2.38. The van der Waals surface area contributed by atoms with Crippen LogP contribution in [0.3, 0.4) is 0 Å². The molecule has 7 heteroatoms. The summed E-state index contributed by atoms with van der Waals surface area (Å²) < 4.78 is 26.6. The normalized spacial score (nSPS) is 11.9. The Morgan fingerprint density at radius 1 is 1.28 bits per heavy atom. The van der Waals surface area contributed by atoms with Crippen molar-refractivity contribution in [2.75, 3.05) is 7.11 Å². The van der Waals surface area contributed by atoms with Crippen LogP contribution in [0.5, 0.6) is 0 Å². The van der Waals surface area contributed by atoms with Gasteiger partial charge in [-0.25, -0.2) is 10.9 Å². The highest BCUT2D eigenvalue weighted by Gasteiger charge is 2.19. The number of ether oxygens (including phenoxy) is 1. The highest BCUT2D eigenvalue weighted by molar-refractivity contribution is 14.2. The van der Waals surface area contributed by atoms with Crippen molar-refractivity contribution >= 4 is 31.7 Å². The number of carbonyl (C=O) groups is 2. The molecule has 0 aliphatic carbocycles. The second-order valence-corrected chi connectivity index (χ2v) is 5.82. The highest BCUT2D eigenvalue weighted by Crippen LogP contribution is 2.21. The zero-order valence-corrected chi connectivity index (χ0v) is 12.0. The van der Waals surface area contributed by atoms with Crippen LogP contribution < -0.4 is 5.32 Å². The molecule has 0 aliphatic heterocycles. The maximum absolute atomic E-state index is 11.8. The molecule has 98 valence electrons. The van der Waals surface area contributed by atoms with E-state index in [0.717, 1.165) is 0 Å². The zero-order valence-electron chi connectivity index (χ0n) is 9.81. The van der Waals surface area contributed by atoms with E-state index >= 15 is 0 Å². The third-order valence-electron chi connectivity index (χ3n) is 2.19. The van der Waals surface area contributed by atoms with E-state index in [1.165, 1.54) is 32.2 Å². The lowest BCUT2D eigenvalue weighted by atomic mass is 10.2. The number of amides is 1. The maximum Gasteiger partial charge on any atom is 0.341 e. The Balaban J connectivity index is 2.95. The maximum atomic E-state index is 11.8. The highest BCUT2D eigenvalue weighted by atomic mass is 127. The van der Waals surface area contributed by atoms with Crippen molar-refractivity contribution in [2.24, 2.45) is 0 Å². The lowest BCUT2D eigenvalue weighted by Crippen LogP contribution is -2.39. The van der Waals surface area contributed by atoms with Gasteiger partial charge in [0.1, 0.15) is 6.04 Å². The topological polar surface area (TPSA) is 89.5 Å². The van der Waals surface area contributed by atoms with Crippen molar-refractivity contribution in [2.45, 2.75) is 13.0 Å². The predicted molar refractivity (Wildman–Crippen MR) is 69.5 cm³/mol. The number of methoxy groups -OCH3 is 1. The molecule has 0 saturated heterocycles. The number of esters is 1. The standard InChI is InChI=1S/C11H12INO5/c1-7(11(15)18-2)13-10(14)8-5-3-4-6-9(8)12(16)17/h3-7H,1-2H3,(H,13,14). The van der Waals surface area contributed by atoms with E-state index in [-0.39, 0.29) is 9.13 Å². The Labute approximate surface area is 111 Å². The average molecular weight is 365 g/mol. The molecule has 0 aromatic heterocycles. The van der Waals surface area contributed by atoms with Gasteiger partial charge in [0.15, 0.2) is 0 Å². The van der Waals surface area contributed by atoms with Crippen LogP contribution >= 0.6 is 19.8 Å². The molecule has 1 N–H and O–H groups in total. The second-order valence-electron chi connectivity index (χ2n) is 3.42. The average Bonchev–Trinajstić information content (AvgIpc) is 2.37. The minimum Gasteiger partial charge on any atom is -0.467 e. The molecule has 6 nitrogen and oxygen atoms in total. The summed E-state index contributed by atoms with van der Waals surface area (Å²) >= 11 is -3.75. The van der Waals surface area contributed by atoms with Crippen LogP contribution in [0.2, 0.25) is 0 Å². The molecule has 1 aromatic rings. The van der Waals surface area contributed by atoms with Gasteiger partial charge >= 0.3 is 25.8 Å². The van der Waals surface area contributed by atoms with E-state index in [2.05, 4.69) is 10.1 Å². The van der Waals surface area contributed by atoms with Gasteiger partial charge in [-0.05, 0) is 19.1 Å². The smallest absolute Gasteiger partial charge is 0.341 e. The Hall–Kier alpha value is -1.51. The third-order valence-corrected chi connectivity index (χ3v) is 4.08. The van der Waals surface area contributed by atoms with E-state index in [1.54, 1.807) is 6.07 Å². The zero-order chi connectivity index (χ0) is 13.7. The van der Waals surface area contributed by atoms with Gasteiger partial charge in [0.2, 0.25) is 0 Å². The molecule has 18 heavy (non-hydrogen) atoms. The SMILES string of the molecule is COC(=O)C(C)NC(=O)c1ccccc1I(=O)=O. The number of benzene rings is 1. The van der Waals surface area contributed by atoms with Gasteiger partial charge in [0, 0.05) is 0 Å². The molecule has 0 fully saturated rings. The monoisotopic (exact) mass is 365 g/mol. The first-order valence-electron chi connectivity index (χ1n) is 5.00. The van der Waals surface area contributed by atoms with Gasteiger partial charge in [-0.15, -0.1) is 0 Å². The minimum atomic E-state index is -3.75. The van der Waals surface area contributed by atoms with Crippen molar-refractivity contribution in [3.8, 4) is 0 Å². The fraction of sp³-hybridized carbons (Fsp3) is 0.273. The number of rotatable bonds is 4. The van der Waals surface area contributed by atoms with Crippen molar-refractivity contribution in [3.63, 3.8) is 0 Å². The first-order chi connectivity index (χ1) is 8.47. The Bertz CT molecular complexity index is 530. The molecule has 0 spiro atoms. The van der Waals surface area contributed by atoms with Crippen LogP contribution in [-0.4, -0.2) is 25.0 Å². The van der Waals surface area contributed by atoms with Crippen molar-refractivity contribution in [3.05, 3.63) is 33.4 Å². The van der Waals surface area contributed by atoms with Crippen LogP contribution in [-0.2, 0) is 15.7 Å². The molecule has 0 aliphatic rings. The molecule has 0 bridgehead atoms. The lowest BCUT2D eigenvalue weighted by Gasteiger charge is -2.11. The summed E-state index contributed by atoms with van der Waals surface area (Å²) in [7, 11) is 1.21. The van der Waals surface area contributed by atoms with Gasteiger partial charge < -0.3 is 10.1 Å². The van der Waals surface area contributed by atoms with Gasteiger partial charge in [0.25, 0.3) is 5.91 Å². The van der Waals surface area contributed by atoms with Gasteiger partial charge in [-0.1, -0.05) is 12.1 Å². The molecule has 0 saturated carbocycles. The summed E-state index contributed by atoms with van der Waals surface area (Å²) in [6.07, 6.45) is 0. The van der Waals surface area contributed by atoms with Crippen LogP contribution in [0.15, 0.2) is 24.3 Å². The molecule has 1 unspecified atom stereocenters.